The number of esters is 2. The Kier molecular flexibility index (Phi) is 2.08. The van der Waals surface area contributed by atoms with Crippen molar-refractivity contribution in [2.75, 3.05) is 0 Å². The fourth-order valence-corrected chi connectivity index (χ4v) is 5.34. The molecule has 4 bridgehead atoms. The predicted octanol–water partition coefficient (Wildman–Crippen LogP) is 1.69. The van der Waals surface area contributed by atoms with E-state index in [1.54, 1.807) is 0 Å². The van der Waals surface area contributed by atoms with E-state index in [2.05, 4.69) is 12.2 Å². The summed E-state index contributed by atoms with van der Waals surface area (Å²) in [6.45, 7) is 0. The van der Waals surface area contributed by atoms with Gasteiger partial charge in [0.2, 0.25) is 0 Å². The molecule has 1 aliphatic heterocycles. The van der Waals surface area contributed by atoms with Crippen LogP contribution < -0.4 is 0 Å². The molecule has 5 aliphatic rings. The fraction of sp³-hybridized carbons (Fsp3) is 0.750. The zero-order chi connectivity index (χ0) is 13.4. The Morgan fingerprint density at radius 3 is 2.85 bits per heavy atom. The van der Waals surface area contributed by atoms with E-state index in [-0.39, 0.29) is 36.0 Å². The topological polar surface area (TPSA) is 52.6 Å². The quantitative estimate of drug-likeness (QED) is 0.568. The predicted molar refractivity (Wildman–Crippen MR) is 68.3 cm³/mol. The number of ether oxygens (including phenoxy) is 2. The van der Waals surface area contributed by atoms with Crippen LogP contribution in [0.25, 0.3) is 0 Å². The van der Waals surface area contributed by atoms with E-state index in [9.17, 15) is 9.59 Å². The summed E-state index contributed by atoms with van der Waals surface area (Å²) in [7, 11) is 0. The molecule has 8 atom stereocenters. The van der Waals surface area contributed by atoms with Crippen LogP contribution in [-0.2, 0) is 19.1 Å². The van der Waals surface area contributed by atoms with Gasteiger partial charge in [-0.25, -0.2) is 0 Å². The van der Waals surface area contributed by atoms with Crippen molar-refractivity contribution in [3.05, 3.63) is 12.2 Å². The molecule has 8 unspecified atom stereocenters. The van der Waals surface area contributed by atoms with Gasteiger partial charge < -0.3 is 9.47 Å². The number of allylic oxidation sites excluding steroid dienone is 2. The molecule has 3 saturated carbocycles. The lowest BCUT2D eigenvalue weighted by atomic mass is 9.87. The van der Waals surface area contributed by atoms with Crippen LogP contribution in [0.15, 0.2) is 12.2 Å². The summed E-state index contributed by atoms with van der Waals surface area (Å²) in [5.74, 6) is 1.62. The van der Waals surface area contributed by atoms with Gasteiger partial charge in [0, 0.05) is 11.8 Å². The van der Waals surface area contributed by atoms with Gasteiger partial charge in [0.05, 0.1) is 11.8 Å². The third-order valence-electron chi connectivity index (χ3n) is 6.25. The largest absolute Gasteiger partial charge is 0.458 e. The maximum absolute atomic E-state index is 12.4. The highest BCUT2D eigenvalue weighted by Gasteiger charge is 2.63. The third kappa shape index (κ3) is 1.32. The lowest BCUT2D eigenvalue weighted by molar-refractivity contribution is -0.166. The van der Waals surface area contributed by atoms with Crippen LogP contribution in [0.1, 0.15) is 25.7 Å². The number of carbonyl (C=O) groups excluding carboxylic acids is 2. The molecule has 0 N–H and O–H groups in total. The minimum absolute atomic E-state index is 0.0389. The lowest BCUT2D eigenvalue weighted by Gasteiger charge is -2.27. The van der Waals surface area contributed by atoms with Crippen LogP contribution in [0.3, 0.4) is 0 Å². The zero-order valence-corrected chi connectivity index (χ0v) is 11.2. The molecular weight excluding hydrogens is 256 g/mol. The van der Waals surface area contributed by atoms with Crippen LogP contribution in [0.5, 0.6) is 0 Å². The van der Waals surface area contributed by atoms with Gasteiger partial charge in [0.25, 0.3) is 0 Å². The van der Waals surface area contributed by atoms with Crippen LogP contribution in [-0.4, -0.2) is 24.1 Å². The van der Waals surface area contributed by atoms with Crippen LogP contribution in [0.4, 0.5) is 0 Å². The Balaban J connectivity index is 1.32. The maximum Gasteiger partial charge on any atom is 0.309 e. The molecule has 4 nitrogen and oxygen atoms in total. The number of hydrogen-bond donors (Lipinski definition) is 0. The van der Waals surface area contributed by atoms with Crippen molar-refractivity contribution >= 4 is 11.9 Å². The van der Waals surface area contributed by atoms with Gasteiger partial charge >= 0.3 is 11.9 Å². The van der Waals surface area contributed by atoms with E-state index in [0.717, 1.165) is 25.7 Å². The molecule has 1 saturated heterocycles. The average Bonchev–Trinajstić information content (AvgIpc) is 3.19. The highest BCUT2D eigenvalue weighted by Crippen LogP contribution is 2.56. The Morgan fingerprint density at radius 1 is 1.20 bits per heavy atom. The maximum atomic E-state index is 12.4. The van der Waals surface area contributed by atoms with Crippen molar-refractivity contribution in [3.63, 3.8) is 0 Å². The Bertz CT molecular complexity index is 525. The monoisotopic (exact) mass is 274 g/mol. The first-order valence-corrected chi connectivity index (χ1v) is 7.80. The molecule has 0 aromatic rings. The Morgan fingerprint density at radius 2 is 2.10 bits per heavy atom. The molecule has 4 fully saturated rings. The molecule has 4 aliphatic carbocycles. The van der Waals surface area contributed by atoms with E-state index in [1.165, 1.54) is 0 Å². The molecule has 0 aromatic carbocycles. The highest BCUT2D eigenvalue weighted by molar-refractivity contribution is 5.78. The molecular formula is C16H18O4. The van der Waals surface area contributed by atoms with Gasteiger partial charge in [-0.05, 0) is 37.5 Å². The van der Waals surface area contributed by atoms with E-state index in [4.69, 9.17) is 9.47 Å². The van der Waals surface area contributed by atoms with E-state index >= 15 is 0 Å². The second-order valence-electron chi connectivity index (χ2n) is 7.19. The summed E-state index contributed by atoms with van der Waals surface area (Å²) in [5, 5.41) is 0. The van der Waals surface area contributed by atoms with Crippen molar-refractivity contribution in [2.24, 2.45) is 35.5 Å². The standard InChI is InChI=1S/C16H18O4/c17-15(10-4-7-1-2-8(10)3-7)19-13-9-5-11-12(6-9)16(18)20-14(11)13/h1-2,7-14H,3-6H2. The van der Waals surface area contributed by atoms with Crippen molar-refractivity contribution in [1.82, 2.24) is 0 Å². The second-order valence-corrected chi connectivity index (χ2v) is 7.19. The molecule has 0 aromatic heterocycles. The summed E-state index contributed by atoms with van der Waals surface area (Å²) in [6.07, 6.45) is 7.99. The van der Waals surface area contributed by atoms with Gasteiger partial charge in [-0.15, -0.1) is 0 Å². The van der Waals surface area contributed by atoms with Crippen molar-refractivity contribution < 1.29 is 19.1 Å². The summed E-state index contributed by atoms with van der Waals surface area (Å²) in [5.41, 5.74) is 0. The SMILES string of the molecule is O=C(OC1C2CC3C(=O)OC1C3C2)C1CC2C=CC1C2. The lowest BCUT2D eigenvalue weighted by Crippen LogP contribution is -2.38. The van der Waals surface area contributed by atoms with Gasteiger partial charge in [0.1, 0.15) is 12.2 Å². The molecule has 0 spiro atoms. The average molecular weight is 274 g/mol. The summed E-state index contributed by atoms with van der Waals surface area (Å²) in [4.78, 5) is 24.1. The number of rotatable bonds is 2. The van der Waals surface area contributed by atoms with E-state index in [0.29, 0.717) is 23.7 Å². The minimum atomic E-state index is -0.168. The smallest absolute Gasteiger partial charge is 0.309 e. The van der Waals surface area contributed by atoms with Gasteiger partial charge in [-0.1, -0.05) is 12.2 Å². The molecule has 5 rings (SSSR count). The molecule has 0 radical (unpaired) electrons. The van der Waals surface area contributed by atoms with Crippen molar-refractivity contribution in [1.29, 1.82) is 0 Å². The van der Waals surface area contributed by atoms with Gasteiger partial charge in [0.15, 0.2) is 0 Å². The Labute approximate surface area is 117 Å². The van der Waals surface area contributed by atoms with E-state index in [1.807, 2.05) is 0 Å². The van der Waals surface area contributed by atoms with Crippen LogP contribution in [0, 0.1) is 35.5 Å². The summed E-state index contributed by atoms with van der Waals surface area (Å²) < 4.78 is 11.3. The number of hydrogen-bond acceptors (Lipinski definition) is 4. The molecule has 0 amide bonds. The third-order valence-corrected chi connectivity index (χ3v) is 6.25. The first-order valence-electron chi connectivity index (χ1n) is 7.80. The molecule has 20 heavy (non-hydrogen) atoms. The van der Waals surface area contributed by atoms with Crippen LogP contribution >= 0.6 is 0 Å². The van der Waals surface area contributed by atoms with Gasteiger partial charge in [-0.2, -0.15) is 0 Å². The van der Waals surface area contributed by atoms with Crippen molar-refractivity contribution in [3.8, 4) is 0 Å². The highest BCUT2D eigenvalue weighted by atomic mass is 16.6. The summed E-state index contributed by atoms with van der Waals surface area (Å²) in [6, 6.07) is 0. The summed E-state index contributed by atoms with van der Waals surface area (Å²) >= 11 is 0. The number of carbonyl (C=O) groups is 2. The molecule has 1 heterocycles. The zero-order valence-electron chi connectivity index (χ0n) is 11.2. The molecule has 106 valence electrons. The Hall–Kier alpha value is -1.32. The van der Waals surface area contributed by atoms with Crippen LogP contribution in [0.2, 0.25) is 0 Å². The minimum Gasteiger partial charge on any atom is -0.458 e. The van der Waals surface area contributed by atoms with Gasteiger partial charge in [-0.3, -0.25) is 9.59 Å². The number of fused-ring (bicyclic) bond motifs is 3. The first-order chi connectivity index (χ1) is 9.70. The molecule has 4 heteroatoms. The fourth-order valence-electron chi connectivity index (χ4n) is 5.34. The second kappa shape index (κ2) is 3.66. The first kappa shape index (κ1) is 11.4. The van der Waals surface area contributed by atoms with E-state index < -0.39 is 0 Å². The van der Waals surface area contributed by atoms with Crippen molar-refractivity contribution in [2.45, 2.75) is 37.9 Å². The normalized spacial score (nSPS) is 53.7.